The Morgan fingerprint density at radius 2 is 1.81 bits per heavy atom. The number of nitrogens with two attached hydrogens (primary N) is 1. The fourth-order valence-corrected chi connectivity index (χ4v) is 2.23. The molecule has 0 fully saturated rings. The third kappa shape index (κ3) is 3.78. The van der Waals surface area contributed by atoms with Gasteiger partial charge >= 0.3 is 5.69 Å². The number of aromatic amines is 2. The number of imidazole rings is 1. The van der Waals surface area contributed by atoms with Gasteiger partial charge in [0.05, 0.1) is 16.7 Å². The van der Waals surface area contributed by atoms with Crippen molar-refractivity contribution in [2.45, 2.75) is 6.92 Å². The number of fused-ring (bicyclic) bond motifs is 1. The summed E-state index contributed by atoms with van der Waals surface area (Å²) in [5, 5.41) is 20.1. The number of hydrogen-bond donors (Lipinski definition) is 5. The molecule has 6 N–H and O–H groups in total. The number of nitrogens with zero attached hydrogens (tertiary/aromatic N) is 2. The molecule has 132 valence electrons. The van der Waals surface area contributed by atoms with Gasteiger partial charge in [0, 0.05) is 11.4 Å². The van der Waals surface area contributed by atoms with Crippen LogP contribution in [0.5, 0.6) is 0 Å². The molecule has 9 heteroatoms. The molecule has 1 heterocycles. The van der Waals surface area contributed by atoms with E-state index < -0.39 is 5.91 Å². The number of aliphatic hydroxyl groups excluding tert-OH is 1. The van der Waals surface area contributed by atoms with E-state index in [0.717, 1.165) is 0 Å². The van der Waals surface area contributed by atoms with Crippen molar-refractivity contribution < 1.29 is 9.90 Å². The van der Waals surface area contributed by atoms with Crippen LogP contribution in [0.3, 0.4) is 0 Å². The van der Waals surface area contributed by atoms with Gasteiger partial charge in [-0.05, 0) is 49.4 Å². The third-order valence-corrected chi connectivity index (χ3v) is 3.49. The second-order valence-corrected chi connectivity index (χ2v) is 5.52. The Morgan fingerprint density at radius 3 is 2.50 bits per heavy atom. The highest BCUT2D eigenvalue weighted by molar-refractivity contribution is 6.03. The molecule has 0 aliphatic carbocycles. The van der Waals surface area contributed by atoms with Crippen LogP contribution in [0.4, 0.5) is 17.1 Å². The molecular weight excluding hydrogens is 336 g/mol. The third-order valence-electron chi connectivity index (χ3n) is 3.49. The van der Waals surface area contributed by atoms with Crippen molar-refractivity contribution in [1.29, 1.82) is 0 Å². The largest absolute Gasteiger partial charge is 0.510 e. The summed E-state index contributed by atoms with van der Waals surface area (Å²) < 4.78 is 0. The van der Waals surface area contributed by atoms with Gasteiger partial charge in [-0.25, -0.2) is 4.79 Å². The molecule has 1 amide bonds. The lowest BCUT2D eigenvalue weighted by Gasteiger charge is -2.06. The Balaban J connectivity index is 1.81. The van der Waals surface area contributed by atoms with Crippen molar-refractivity contribution in [3.8, 4) is 0 Å². The van der Waals surface area contributed by atoms with Crippen molar-refractivity contribution >= 4 is 34.0 Å². The Kier molecular flexibility index (Phi) is 4.52. The molecule has 0 spiro atoms. The number of benzene rings is 2. The van der Waals surface area contributed by atoms with Crippen LogP contribution in [0, 0.1) is 0 Å². The van der Waals surface area contributed by atoms with E-state index in [0.29, 0.717) is 28.1 Å². The number of hydrogen-bond acceptors (Lipinski definition) is 6. The van der Waals surface area contributed by atoms with Gasteiger partial charge in [0.25, 0.3) is 5.91 Å². The number of rotatable bonds is 4. The molecule has 3 aromatic rings. The van der Waals surface area contributed by atoms with Crippen LogP contribution >= 0.6 is 0 Å². The average molecular weight is 352 g/mol. The maximum Gasteiger partial charge on any atom is 0.323 e. The average Bonchev–Trinajstić information content (AvgIpc) is 2.96. The normalized spacial score (nSPS) is 12.3. The maximum atomic E-state index is 12.3. The number of anilines is 2. The highest BCUT2D eigenvalue weighted by Gasteiger charge is 2.13. The summed E-state index contributed by atoms with van der Waals surface area (Å²) in [6, 6.07) is 11.4. The fraction of sp³-hybridized carbons (Fsp3) is 0.0588. The van der Waals surface area contributed by atoms with E-state index in [1.54, 1.807) is 42.5 Å². The monoisotopic (exact) mass is 352 g/mol. The smallest absolute Gasteiger partial charge is 0.323 e. The predicted octanol–water partition coefficient (Wildman–Crippen LogP) is 2.95. The van der Waals surface area contributed by atoms with E-state index >= 15 is 0 Å². The van der Waals surface area contributed by atoms with E-state index in [4.69, 9.17) is 5.73 Å². The molecule has 0 aliphatic heterocycles. The van der Waals surface area contributed by atoms with Crippen LogP contribution in [-0.4, -0.2) is 21.0 Å². The SMILES string of the molecule is CC(O)=C(N=Nc1ccc2[nH]c(=O)[nH]c2c1)C(=O)Nc1ccc(N)cc1. The summed E-state index contributed by atoms with van der Waals surface area (Å²) in [4.78, 5) is 28.8. The van der Waals surface area contributed by atoms with Crippen molar-refractivity contribution in [1.82, 2.24) is 9.97 Å². The summed E-state index contributed by atoms with van der Waals surface area (Å²) in [7, 11) is 0. The molecule has 0 saturated carbocycles. The Labute approximate surface area is 147 Å². The van der Waals surface area contributed by atoms with E-state index in [1.807, 2.05) is 0 Å². The standard InChI is InChI=1S/C17H16N6O3/c1-9(24)15(16(25)19-11-4-2-10(18)3-5-11)23-22-12-6-7-13-14(8-12)21-17(26)20-13/h2-8,24H,18H2,1H3,(H,19,25)(H2,20,21,26). The van der Waals surface area contributed by atoms with Crippen molar-refractivity contribution in [3.63, 3.8) is 0 Å². The Bertz CT molecular complexity index is 1070. The van der Waals surface area contributed by atoms with Gasteiger partial charge in [-0.1, -0.05) is 0 Å². The van der Waals surface area contributed by atoms with E-state index in [1.165, 1.54) is 6.92 Å². The van der Waals surface area contributed by atoms with Gasteiger partial charge in [0.1, 0.15) is 5.76 Å². The Hall–Kier alpha value is -3.88. The minimum atomic E-state index is -0.616. The maximum absolute atomic E-state index is 12.3. The zero-order chi connectivity index (χ0) is 18.7. The predicted molar refractivity (Wildman–Crippen MR) is 98.2 cm³/mol. The second-order valence-electron chi connectivity index (χ2n) is 5.52. The number of nitrogen functional groups attached to an aromatic ring is 1. The van der Waals surface area contributed by atoms with Gasteiger partial charge in [-0.2, -0.15) is 5.11 Å². The van der Waals surface area contributed by atoms with Gasteiger partial charge in [0.15, 0.2) is 5.70 Å². The highest BCUT2D eigenvalue weighted by Crippen LogP contribution is 2.20. The van der Waals surface area contributed by atoms with Crippen LogP contribution in [0.25, 0.3) is 11.0 Å². The topological polar surface area (TPSA) is 149 Å². The zero-order valence-corrected chi connectivity index (χ0v) is 13.8. The number of H-pyrrole nitrogens is 2. The molecule has 26 heavy (non-hydrogen) atoms. The summed E-state index contributed by atoms with van der Waals surface area (Å²) in [5.74, 6) is -0.896. The van der Waals surface area contributed by atoms with Crippen molar-refractivity contribution in [2.24, 2.45) is 10.2 Å². The number of azo groups is 1. The molecule has 3 rings (SSSR count). The quantitative estimate of drug-likeness (QED) is 0.212. The number of aliphatic hydroxyl groups is 1. The lowest BCUT2D eigenvalue weighted by molar-refractivity contribution is -0.113. The first-order valence-electron chi connectivity index (χ1n) is 7.63. The molecule has 0 saturated heterocycles. The van der Waals surface area contributed by atoms with Crippen molar-refractivity contribution in [2.75, 3.05) is 11.1 Å². The second kappa shape index (κ2) is 6.93. The number of carbonyl (C=O) groups excluding carboxylic acids is 1. The zero-order valence-electron chi connectivity index (χ0n) is 13.8. The first kappa shape index (κ1) is 17.0. The molecule has 1 aromatic heterocycles. The molecule has 0 radical (unpaired) electrons. The Morgan fingerprint density at radius 1 is 1.12 bits per heavy atom. The minimum Gasteiger partial charge on any atom is -0.510 e. The number of amides is 1. The summed E-state index contributed by atoms with van der Waals surface area (Å²) >= 11 is 0. The lowest BCUT2D eigenvalue weighted by Crippen LogP contribution is -2.14. The lowest BCUT2D eigenvalue weighted by atomic mass is 10.2. The number of aromatic nitrogens is 2. The fourth-order valence-electron chi connectivity index (χ4n) is 2.23. The summed E-state index contributed by atoms with van der Waals surface area (Å²) in [5.41, 5.74) is 7.70. The molecular formula is C17H16N6O3. The molecule has 0 atom stereocenters. The van der Waals surface area contributed by atoms with E-state index in [2.05, 4.69) is 25.5 Å². The van der Waals surface area contributed by atoms with Crippen LogP contribution in [0.15, 0.2) is 68.9 Å². The minimum absolute atomic E-state index is 0.232. The van der Waals surface area contributed by atoms with Gasteiger partial charge in [-0.3, -0.25) is 4.79 Å². The molecule has 0 unspecified atom stereocenters. The van der Waals surface area contributed by atoms with Crippen molar-refractivity contribution in [3.05, 3.63) is 64.4 Å². The number of nitrogens with one attached hydrogen (secondary N) is 3. The highest BCUT2D eigenvalue weighted by atomic mass is 16.3. The van der Waals surface area contributed by atoms with Crippen LogP contribution in [0.1, 0.15) is 6.92 Å². The summed E-state index contributed by atoms with van der Waals surface area (Å²) in [6.45, 7) is 1.34. The van der Waals surface area contributed by atoms with Gasteiger partial charge in [-0.15, -0.1) is 5.11 Å². The number of carbonyl (C=O) groups is 1. The van der Waals surface area contributed by atoms with Crippen LogP contribution < -0.4 is 16.7 Å². The molecule has 0 bridgehead atoms. The first-order chi connectivity index (χ1) is 12.4. The van der Waals surface area contributed by atoms with Gasteiger partial charge in [0.2, 0.25) is 0 Å². The van der Waals surface area contributed by atoms with Crippen LogP contribution in [0.2, 0.25) is 0 Å². The van der Waals surface area contributed by atoms with E-state index in [-0.39, 0.29) is 17.1 Å². The van der Waals surface area contributed by atoms with E-state index in [9.17, 15) is 14.7 Å². The number of allylic oxidation sites excluding steroid dienone is 1. The molecule has 2 aromatic carbocycles. The molecule has 9 nitrogen and oxygen atoms in total. The first-order valence-corrected chi connectivity index (χ1v) is 7.63. The van der Waals surface area contributed by atoms with Crippen LogP contribution in [-0.2, 0) is 4.79 Å². The summed E-state index contributed by atoms with van der Waals surface area (Å²) in [6.07, 6.45) is 0. The molecule has 0 aliphatic rings. The van der Waals surface area contributed by atoms with Gasteiger partial charge < -0.3 is 26.1 Å².